The molecule has 0 amide bonds. The molecule has 12 heavy (non-hydrogen) atoms. The van der Waals surface area contributed by atoms with Gasteiger partial charge in [0.2, 0.25) is 0 Å². The van der Waals surface area contributed by atoms with Crippen LogP contribution in [-0.4, -0.2) is 9.46 Å². The summed E-state index contributed by atoms with van der Waals surface area (Å²) >= 11 is 0. The van der Waals surface area contributed by atoms with E-state index >= 15 is 0 Å². The number of rotatable bonds is 3. The van der Waals surface area contributed by atoms with E-state index in [1.807, 2.05) is 31.2 Å². The molecular formula is C9H11F2Si. The summed E-state index contributed by atoms with van der Waals surface area (Å²) in [4.78, 5) is 0. The molecule has 0 nitrogen and oxygen atoms in total. The topological polar surface area (TPSA) is 0 Å². The molecule has 0 aromatic heterocycles. The van der Waals surface area contributed by atoms with Crippen LogP contribution in [0.5, 0.6) is 0 Å². The molecule has 0 saturated heterocycles. The Labute approximate surface area is 73.2 Å². The Morgan fingerprint density at radius 3 is 2.67 bits per heavy atom. The Bertz CT molecular complexity index is 248. The predicted molar refractivity (Wildman–Crippen MR) is 47.7 cm³/mol. The van der Waals surface area contributed by atoms with Gasteiger partial charge in [-0.1, -0.05) is 29.8 Å². The summed E-state index contributed by atoms with van der Waals surface area (Å²) in [5.41, 5.74) is 2.16. The molecule has 65 valence electrons. The van der Waals surface area contributed by atoms with Crippen LogP contribution < -0.4 is 0 Å². The van der Waals surface area contributed by atoms with E-state index in [-0.39, 0.29) is 6.04 Å². The minimum absolute atomic E-state index is 0.0636. The predicted octanol–water partition coefficient (Wildman–Crippen LogP) is 2.96. The van der Waals surface area contributed by atoms with Gasteiger partial charge in [-0.05, 0) is 18.9 Å². The minimum Gasteiger partial charge on any atom is -0.268 e. The van der Waals surface area contributed by atoms with Gasteiger partial charge in [-0.3, -0.25) is 8.22 Å². The van der Waals surface area contributed by atoms with Crippen molar-refractivity contribution >= 4 is 9.46 Å². The van der Waals surface area contributed by atoms with Crippen LogP contribution in [-0.2, 0) is 6.42 Å². The van der Waals surface area contributed by atoms with E-state index < -0.39 is 9.46 Å². The second-order valence-electron chi connectivity index (χ2n) is 2.83. The lowest BCUT2D eigenvalue weighted by Crippen LogP contribution is -1.98. The first-order valence-electron chi connectivity index (χ1n) is 3.91. The van der Waals surface area contributed by atoms with Gasteiger partial charge in [0, 0.05) is 6.04 Å². The second-order valence-corrected chi connectivity index (χ2v) is 4.01. The van der Waals surface area contributed by atoms with Crippen molar-refractivity contribution in [2.45, 2.75) is 19.4 Å². The zero-order valence-electron chi connectivity index (χ0n) is 6.98. The minimum atomic E-state index is -3.04. The van der Waals surface area contributed by atoms with E-state index in [0.29, 0.717) is 6.42 Å². The van der Waals surface area contributed by atoms with Gasteiger partial charge in [0.25, 0.3) is 0 Å². The third-order valence-corrected chi connectivity index (χ3v) is 2.31. The maximum Gasteiger partial charge on any atom is 0.477 e. The molecule has 1 aromatic carbocycles. The molecule has 1 radical (unpaired) electrons. The van der Waals surface area contributed by atoms with Crippen molar-refractivity contribution in [2.75, 3.05) is 0 Å². The van der Waals surface area contributed by atoms with Crippen LogP contribution in [0.3, 0.4) is 0 Å². The number of halogens is 2. The highest BCUT2D eigenvalue weighted by atomic mass is 28.4. The number of aryl methyl sites for hydroxylation is 2. The zero-order valence-corrected chi connectivity index (χ0v) is 7.98. The van der Waals surface area contributed by atoms with Gasteiger partial charge >= 0.3 is 9.46 Å². The van der Waals surface area contributed by atoms with Crippen molar-refractivity contribution in [3.05, 3.63) is 35.4 Å². The lowest BCUT2D eigenvalue weighted by Gasteiger charge is -1.99. The maximum absolute atomic E-state index is 11.9. The van der Waals surface area contributed by atoms with Gasteiger partial charge < -0.3 is 0 Å². The SMILES string of the molecule is Cc1cccc(CC[Si](F)F)c1. The molecule has 0 saturated carbocycles. The lowest BCUT2D eigenvalue weighted by molar-refractivity contribution is 0.650. The van der Waals surface area contributed by atoms with E-state index in [0.717, 1.165) is 11.1 Å². The first kappa shape index (κ1) is 9.39. The molecular weight excluding hydrogens is 174 g/mol. The molecule has 0 fully saturated rings. The summed E-state index contributed by atoms with van der Waals surface area (Å²) in [6.45, 7) is 1.97. The molecule has 1 aromatic rings. The van der Waals surface area contributed by atoms with Crippen LogP contribution in [0.25, 0.3) is 0 Å². The molecule has 3 heteroatoms. The zero-order chi connectivity index (χ0) is 8.97. The van der Waals surface area contributed by atoms with Crippen molar-refractivity contribution < 1.29 is 8.22 Å². The molecule has 0 N–H and O–H groups in total. The monoisotopic (exact) mass is 185 g/mol. The average molecular weight is 185 g/mol. The summed E-state index contributed by atoms with van der Waals surface area (Å²) in [6, 6.07) is 7.81. The first-order chi connectivity index (χ1) is 5.68. The summed E-state index contributed by atoms with van der Waals surface area (Å²) in [5.74, 6) is 0. The van der Waals surface area contributed by atoms with E-state index in [1.165, 1.54) is 0 Å². The van der Waals surface area contributed by atoms with Crippen LogP contribution in [0, 0.1) is 6.92 Å². The van der Waals surface area contributed by atoms with Crippen LogP contribution in [0.15, 0.2) is 24.3 Å². The molecule has 0 bridgehead atoms. The normalized spacial score (nSPS) is 10.7. The molecule has 1 rings (SSSR count). The Hall–Kier alpha value is -0.703. The van der Waals surface area contributed by atoms with Crippen LogP contribution in [0.4, 0.5) is 8.22 Å². The van der Waals surface area contributed by atoms with Crippen LogP contribution in [0.1, 0.15) is 11.1 Å². The third-order valence-electron chi connectivity index (χ3n) is 1.69. The molecule has 0 unspecified atom stereocenters. The lowest BCUT2D eigenvalue weighted by atomic mass is 10.1. The van der Waals surface area contributed by atoms with Crippen molar-refractivity contribution in [1.82, 2.24) is 0 Å². The van der Waals surface area contributed by atoms with E-state index in [9.17, 15) is 8.22 Å². The second kappa shape index (κ2) is 4.35. The van der Waals surface area contributed by atoms with E-state index in [4.69, 9.17) is 0 Å². The standard InChI is InChI=1S/C9H11F2Si/c1-8-3-2-4-9(7-8)5-6-12(10)11/h2-4,7H,5-6H2,1H3. The van der Waals surface area contributed by atoms with E-state index in [1.54, 1.807) is 0 Å². The Morgan fingerprint density at radius 2 is 2.08 bits per heavy atom. The Balaban J connectivity index is 2.52. The van der Waals surface area contributed by atoms with Crippen molar-refractivity contribution in [1.29, 1.82) is 0 Å². The van der Waals surface area contributed by atoms with Gasteiger partial charge in [-0.2, -0.15) is 0 Å². The molecule has 0 heterocycles. The van der Waals surface area contributed by atoms with Crippen molar-refractivity contribution in [3.8, 4) is 0 Å². The average Bonchev–Trinajstić information content (AvgIpc) is 2.01. The van der Waals surface area contributed by atoms with Crippen LogP contribution >= 0.6 is 0 Å². The molecule has 0 aliphatic rings. The van der Waals surface area contributed by atoms with Crippen LogP contribution in [0.2, 0.25) is 6.04 Å². The molecule has 0 atom stereocenters. The quantitative estimate of drug-likeness (QED) is 0.501. The molecule has 0 aliphatic carbocycles. The molecule has 0 spiro atoms. The highest BCUT2D eigenvalue weighted by Gasteiger charge is 2.09. The number of hydrogen-bond donors (Lipinski definition) is 0. The number of benzene rings is 1. The van der Waals surface area contributed by atoms with Gasteiger partial charge in [0.15, 0.2) is 0 Å². The Morgan fingerprint density at radius 1 is 1.33 bits per heavy atom. The summed E-state index contributed by atoms with van der Waals surface area (Å²) < 4.78 is 23.8. The third kappa shape index (κ3) is 3.13. The van der Waals surface area contributed by atoms with Gasteiger partial charge in [-0.15, -0.1) is 0 Å². The van der Waals surface area contributed by atoms with Gasteiger partial charge in [0.05, 0.1) is 0 Å². The fourth-order valence-electron chi connectivity index (χ4n) is 1.11. The number of hydrogen-bond acceptors (Lipinski definition) is 0. The van der Waals surface area contributed by atoms with Gasteiger partial charge in [0.1, 0.15) is 0 Å². The van der Waals surface area contributed by atoms with E-state index in [2.05, 4.69) is 0 Å². The highest BCUT2D eigenvalue weighted by molar-refractivity contribution is 6.42. The smallest absolute Gasteiger partial charge is 0.268 e. The molecule has 0 aliphatic heterocycles. The Kier molecular flexibility index (Phi) is 3.41. The summed E-state index contributed by atoms with van der Waals surface area (Å²) in [7, 11) is -3.04. The highest BCUT2D eigenvalue weighted by Crippen LogP contribution is 2.09. The summed E-state index contributed by atoms with van der Waals surface area (Å²) in [5, 5.41) is 0. The fraction of sp³-hybridized carbons (Fsp3) is 0.333. The largest absolute Gasteiger partial charge is 0.477 e. The van der Waals surface area contributed by atoms with Crippen molar-refractivity contribution in [3.63, 3.8) is 0 Å². The maximum atomic E-state index is 11.9. The fourth-order valence-corrected chi connectivity index (χ4v) is 1.58. The van der Waals surface area contributed by atoms with Gasteiger partial charge in [-0.25, -0.2) is 0 Å². The summed E-state index contributed by atoms with van der Waals surface area (Å²) in [6.07, 6.45) is 0.517. The van der Waals surface area contributed by atoms with Crippen molar-refractivity contribution in [2.24, 2.45) is 0 Å². The first-order valence-corrected chi connectivity index (χ1v) is 5.37.